The SMILES string of the molecule is C=CCc1ccccc1O[C@@H]1O[C@H](COC(C)=O)[C@@H](OC(C)=O)[C@@H](OC(C)=O)[C@@H]1NC(C)=O. The molecule has 1 saturated heterocycles. The van der Waals surface area contributed by atoms with Crippen molar-refractivity contribution in [1.29, 1.82) is 0 Å². The highest BCUT2D eigenvalue weighted by Gasteiger charge is 2.52. The summed E-state index contributed by atoms with van der Waals surface area (Å²) in [5.41, 5.74) is 0.806. The average molecular weight is 463 g/mol. The van der Waals surface area contributed by atoms with E-state index in [1.807, 2.05) is 12.1 Å². The molecule has 1 N–H and O–H groups in total. The van der Waals surface area contributed by atoms with Gasteiger partial charge in [-0.05, 0) is 18.1 Å². The van der Waals surface area contributed by atoms with Crippen LogP contribution in [0.1, 0.15) is 33.3 Å². The van der Waals surface area contributed by atoms with Crippen molar-refractivity contribution in [1.82, 2.24) is 5.32 Å². The molecule has 10 nitrogen and oxygen atoms in total. The van der Waals surface area contributed by atoms with Crippen molar-refractivity contribution in [2.75, 3.05) is 6.61 Å². The molecule has 0 saturated carbocycles. The summed E-state index contributed by atoms with van der Waals surface area (Å²) < 4.78 is 28.0. The molecule has 10 heteroatoms. The van der Waals surface area contributed by atoms with Gasteiger partial charge in [0.1, 0.15) is 24.5 Å². The molecular formula is C23H29NO9. The lowest BCUT2D eigenvalue weighted by Crippen LogP contribution is -2.67. The van der Waals surface area contributed by atoms with Crippen molar-refractivity contribution in [3.05, 3.63) is 42.5 Å². The van der Waals surface area contributed by atoms with Gasteiger partial charge in [0.05, 0.1) is 0 Å². The minimum atomic E-state index is -1.18. The molecule has 180 valence electrons. The van der Waals surface area contributed by atoms with Crippen molar-refractivity contribution in [3.63, 3.8) is 0 Å². The number of benzene rings is 1. The maximum Gasteiger partial charge on any atom is 0.303 e. The van der Waals surface area contributed by atoms with Crippen LogP contribution in [0.3, 0.4) is 0 Å². The summed E-state index contributed by atoms with van der Waals surface area (Å²) in [5.74, 6) is -1.93. The maximum atomic E-state index is 12.0. The zero-order chi connectivity index (χ0) is 24.5. The van der Waals surface area contributed by atoms with Crippen LogP contribution in [0.4, 0.5) is 0 Å². The summed E-state index contributed by atoms with van der Waals surface area (Å²) in [6, 6.07) is 6.11. The summed E-state index contributed by atoms with van der Waals surface area (Å²) >= 11 is 0. The van der Waals surface area contributed by atoms with Crippen LogP contribution in [0.5, 0.6) is 5.75 Å². The molecule has 0 unspecified atom stereocenters. The van der Waals surface area contributed by atoms with Crippen LogP contribution in [0.15, 0.2) is 36.9 Å². The minimum Gasteiger partial charge on any atom is -0.463 e. The number of nitrogens with one attached hydrogen (secondary N) is 1. The zero-order valence-corrected chi connectivity index (χ0v) is 19.1. The van der Waals surface area contributed by atoms with Gasteiger partial charge in [-0.1, -0.05) is 24.3 Å². The van der Waals surface area contributed by atoms with E-state index in [1.54, 1.807) is 18.2 Å². The Labute approximate surface area is 192 Å². The third kappa shape index (κ3) is 7.60. The number of para-hydroxylation sites is 1. The van der Waals surface area contributed by atoms with E-state index in [4.69, 9.17) is 23.7 Å². The quantitative estimate of drug-likeness (QED) is 0.329. The number of carbonyl (C=O) groups is 4. The second-order valence-corrected chi connectivity index (χ2v) is 7.44. The summed E-state index contributed by atoms with van der Waals surface area (Å²) in [6.45, 7) is 8.29. The van der Waals surface area contributed by atoms with Crippen LogP contribution < -0.4 is 10.1 Å². The van der Waals surface area contributed by atoms with Gasteiger partial charge in [0, 0.05) is 27.7 Å². The first-order valence-electron chi connectivity index (χ1n) is 10.4. The number of hydrogen-bond donors (Lipinski definition) is 1. The molecule has 5 atom stereocenters. The molecule has 1 aliphatic rings. The highest BCUT2D eigenvalue weighted by Crippen LogP contribution is 2.30. The highest BCUT2D eigenvalue weighted by atomic mass is 16.7. The molecule has 0 radical (unpaired) electrons. The monoisotopic (exact) mass is 463 g/mol. The number of carbonyl (C=O) groups excluding carboxylic acids is 4. The second-order valence-electron chi connectivity index (χ2n) is 7.44. The van der Waals surface area contributed by atoms with Crippen LogP contribution >= 0.6 is 0 Å². The number of esters is 3. The van der Waals surface area contributed by atoms with Crippen molar-refractivity contribution < 1.29 is 42.9 Å². The smallest absolute Gasteiger partial charge is 0.303 e. The molecule has 1 aromatic rings. The number of allylic oxidation sites excluding steroid dienone is 1. The predicted octanol–water partition coefficient (Wildman–Crippen LogP) is 1.45. The van der Waals surface area contributed by atoms with Gasteiger partial charge in [-0.15, -0.1) is 6.58 Å². The fourth-order valence-electron chi connectivity index (χ4n) is 3.46. The molecule has 1 heterocycles. The van der Waals surface area contributed by atoms with E-state index in [9.17, 15) is 19.2 Å². The van der Waals surface area contributed by atoms with Crippen molar-refractivity contribution in [2.45, 2.75) is 64.8 Å². The fraction of sp³-hybridized carbons (Fsp3) is 0.478. The summed E-state index contributed by atoms with van der Waals surface area (Å²) in [7, 11) is 0. The Morgan fingerprint density at radius 3 is 2.21 bits per heavy atom. The average Bonchev–Trinajstić information content (AvgIpc) is 2.71. The Morgan fingerprint density at radius 1 is 1.00 bits per heavy atom. The number of rotatable bonds is 9. The van der Waals surface area contributed by atoms with Gasteiger partial charge < -0.3 is 29.0 Å². The van der Waals surface area contributed by atoms with E-state index in [0.717, 1.165) is 5.56 Å². The van der Waals surface area contributed by atoms with Gasteiger partial charge in [-0.3, -0.25) is 19.2 Å². The van der Waals surface area contributed by atoms with Gasteiger partial charge >= 0.3 is 17.9 Å². The van der Waals surface area contributed by atoms with E-state index in [-0.39, 0.29) is 6.61 Å². The standard InChI is InChI=1S/C23H29NO9/c1-6-9-17-10-7-8-11-18(17)32-23-20(24-13(2)25)22(31-16(5)28)21(30-15(4)27)19(33-23)12-29-14(3)26/h6-8,10-11,19-23H,1,9,12H2,2-5H3,(H,24,25)/t19-,20+,21-,22+,23-/m1/s1. The molecule has 0 bridgehead atoms. The Bertz CT molecular complexity index is 884. The zero-order valence-electron chi connectivity index (χ0n) is 19.1. The first-order chi connectivity index (χ1) is 15.6. The molecule has 2 rings (SSSR count). The Balaban J connectivity index is 2.49. The largest absolute Gasteiger partial charge is 0.463 e. The molecule has 1 aromatic carbocycles. The van der Waals surface area contributed by atoms with Crippen molar-refractivity contribution in [2.24, 2.45) is 0 Å². The molecule has 1 fully saturated rings. The fourth-order valence-corrected chi connectivity index (χ4v) is 3.46. The Morgan fingerprint density at radius 2 is 1.64 bits per heavy atom. The van der Waals surface area contributed by atoms with Gasteiger partial charge in [0.15, 0.2) is 12.2 Å². The van der Waals surface area contributed by atoms with E-state index in [2.05, 4.69) is 11.9 Å². The lowest BCUT2D eigenvalue weighted by atomic mass is 9.96. The van der Waals surface area contributed by atoms with Crippen LogP contribution in [0, 0.1) is 0 Å². The van der Waals surface area contributed by atoms with Gasteiger partial charge in [-0.2, -0.15) is 0 Å². The van der Waals surface area contributed by atoms with Crippen LogP contribution in [0.2, 0.25) is 0 Å². The van der Waals surface area contributed by atoms with Crippen molar-refractivity contribution in [3.8, 4) is 5.75 Å². The lowest BCUT2D eigenvalue weighted by molar-refractivity contribution is -0.257. The van der Waals surface area contributed by atoms with E-state index >= 15 is 0 Å². The molecule has 0 spiro atoms. The number of amides is 1. The third-order valence-corrected chi connectivity index (χ3v) is 4.65. The predicted molar refractivity (Wildman–Crippen MR) is 115 cm³/mol. The van der Waals surface area contributed by atoms with Crippen LogP contribution in [0.25, 0.3) is 0 Å². The maximum absolute atomic E-state index is 12.0. The minimum absolute atomic E-state index is 0.300. The first kappa shape index (κ1) is 25.9. The molecule has 1 amide bonds. The molecule has 0 aliphatic carbocycles. The second kappa shape index (κ2) is 12.0. The number of ether oxygens (including phenoxy) is 5. The van der Waals surface area contributed by atoms with Crippen molar-refractivity contribution >= 4 is 23.8 Å². The van der Waals surface area contributed by atoms with E-state index in [1.165, 1.54) is 27.7 Å². The molecule has 33 heavy (non-hydrogen) atoms. The topological polar surface area (TPSA) is 126 Å². The summed E-state index contributed by atoms with van der Waals surface area (Å²) in [4.78, 5) is 47.1. The first-order valence-corrected chi connectivity index (χ1v) is 10.4. The van der Waals surface area contributed by atoms with E-state index < -0.39 is 54.5 Å². The highest BCUT2D eigenvalue weighted by molar-refractivity contribution is 5.73. The summed E-state index contributed by atoms with van der Waals surface area (Å²) in [6.07, 6.45) is -2.35. The van der Waals surface area contributed by atoms with Gasteiger partial charge in [0.25, 0.3) is 0 Å². The van der Waals surface area contributed by atoms with Crippen LogP contribution in [-0.4, -0.2) is 61.1 Å². The molecular weight excluding hydrogens is 434 g/mol. The number of hydrogen-bond acceptors (Lipinski definition) is 9. The van der Waals surface area contributed by atoms with Gasteiger partial charge in [0.2, 0.25) is 12.2 Å². The van der Waals surface area contributed by atoms with E-state index in [0.29, 0.717) is 12.2 Å². The van der Waals surface area contributed by atoms with Gasteiger partial charge in [-0.25, -0.2) is 0 Å². The molecule has 0 aromatic heterocycles. The van der Waals surface area contributed by atoms with Crippen LogP contribution in [-0.2, 0) is 44.5 Å². The third-order valence-electron chi connectivity index (χ3n) is 4.65. The Hall–Kier alpha value is -3.40. The summed E-state index contributed by atoms with van der Waals surface area (Å²) in [5, 5.41) is 2.66. The molecule has 1 aliphatic heterocycles. The normalized spacial score (nSPS) is 24.2. The lowest BCUT2D eigenvalue weighted by Gasteiger charge is -2.44. The Kier molecular flexibility index (Phi) is 9.41.